The average Bonchev–Trinajstić information content (AvgIpc) is 2.94. The van der Waals surface area contributed by atoms with Gasteiger partial charge in [-0.3, -0.25) is 9.69 Å². The van der Waals surface area contributed by atoms with Crippen LogP contribution in [0.2, 0.25) is 0 Å². The molecule has 0 saturated carbocycles. The summed E-state index contributed by atoms with van der Waals surface area (Å²) in [5.41, 5.74) is 1.78. The summed E-state index contributed by atoms with van der Waals surface area (Å²) in [6.07, 6.45) is 3.37. The SMILES string of the molecule is CCC[C@@H]1S/C(=N/N=C\c2ccc(Br)cc2)N(Cc2ccc(F)cc2)C1=O. The highest BCUT2D eigenvalue weighted by atomic mass is 79.9. The van der Waals surface area contributed by atoms with Crippen LogP contribution in [0.4, 0.5) is 4.39 Å². The molecule has 140 valence electrons. The van der Waals surface area contributed by atoms with Gasteiger partial charge in [-0.1, -0.05) is 65.3 Å². The lowest BCUT2D eigenvalue weighted by Gasteiger charge is -2.15. The van der Waals surface area contributed by atoms with Crippen LogP contribution in [-0.4, -0.2) is 27.4 Å². The Balaban J connectivity index is 1.79. The fourth-order valence-corrected chi connectivity index (χ4v) is 4.12. The van der Waals surface area contributed by atoms with Crippen LogP contribution in [0.15, 0.2) is 63.2 Å². The summed E-state index contributed by atoms with van der Waals surface area (Å²) in [6.45, 7) is 2.41. The van der Waals surface area contributed by atoms with E-state index < -0.39 is 0 Å². The zero-order valence-electron chi connectivity index (χ0n) is 14.8. The van der Waals surface area contributed by atoms with Crippen molar-refractivity contribution in [1.82, 2.24) is 4.90 Å². The maximum Gasteiger partial charge on any atom is 0.242 e. The molecule has 0 N–H and O–H groups in total. The number of rotatable bonds is 6. The first-order chi connectivity index (χ1) is 13.1. The Labute approximate surface area is 170 Å². The molecule has 0 aliphatic carbocycles. The van der Waals surface area contributed by atoms with Crippen molar-refractivity contribution < 1.29 is 9.18 Å². The zero-order chi connectivity index (χ0) is 19.2. The minimum absolute atomic E-state index is 0.0313. The van der Waals surface area contributed by atoms with Crippen LogP contribution in [0, 0.1) is 5.82 Å². The maximum atomic E-state index is 13.1. The van der Waals surface area contributed by atoms with E-state index in [0.717, 1.165) is 28.4 Å². The molecule has 1 amide bonds. The minimum Gasteiger partial charge on any atom is -0.284 e. The first kappa shape index (κ1) is 19.8. The highest BCUT2D eigenvalue weighted by Crippen LogP contribution is 2.31. The summed E-state index contributed by atoms with van der Waals surface area (Å²) in [5, 5.41) is 8.89. The van der Waals surface area contributed by atoms with Crippen molar-refractivity contribution in [1.29, 1.82) is 0 Å². The molecule has 0 spiro atoms. The summed E-state index contributed by atoms with van der Waals surface area (Å²) in [7, 11) is 0. The van der Waals surface area contributed by atoms with Crippen LogP contribution in [0.25, 0.3) is 0 Å². The van der Waals surface area contributed by atoms with E-state index in [1.165, 1.54) is 23.9 Å². The Hall–Kier alpha value is -1.99. The van der Waals surface area contributed by atoms with Crippen LogP contribution in [-0.2, 0) is 11.3 Å². The van der Waals surface area contributed by atoms with E-state index in [-0.39, 0.29) is 17.0 Å². The largest absolute Gasteiger partial charge is 0.284 e. The van der Waals surface area contributed by atoms with E-state index in [9.17, 15) is 9.18 Å². The van der Waals surface area contributed by atoms with E-state index in [2.05, 4.69) is 33.1 Å². The van der Waals surface area contributed by atoms with Crippen LogP contribution >= 0.6 is 27.7 Å². The fraction of sp³-hybridized carbons (Fsp3) is 0.250. The van der Waals surface area contributed by atoms with Gasteiger partial charge < -0.3 is 0 Å². The highest BCUT2D eigenvalue weighted by Gasteiger charge is 2.37. The van der Waals surface area contributed by atoms with Crippen LogP contribution in [0.1, 0.15) is 30.9 Å². The van der Waals surface area contributed by atoms with Crippen LogP contribution in [0.3, 0.4) is 0 Å². The Morgan fingerprint density at radius 3 is 2.56 bits per heavy atom. The lowest BCUT2D eigenvalue weighted by molar-refractivity contribution is -0.126. The Bertz CT molecular complexity index is 853. The summed E-state index contributed by atoms with van der Waals surface area (Å²) >= 11 is 4.84. The predicted octanol–water partition coefficient (Wildman–Crippen LogP) is 5.22. The van der Waals surface area contributed by atoms with Gasteiger partial charge in [0.25, 0.3) is 0 Å². The second kappa shape index (κ2) is 9.28. The van der Waals surface area contributed by atoms with Crippen LogP contribution < -0.4 is 0 Å². The molecule has 0 radical (unpaired) electrons. The number of benzene rings is 2. The average molecular weight is 448 g/mol. The molecule has 0 bridgehead atoms. The molecule has 1 atom stereocenters. The summed E-state index contributed by atoms with van der Waals surface area (Å²) in [5.74, 6) is -0.263. The van der Waals surface area contributed by atoms with E-state index in [4.69, 9.17) is 0 Å². The number of carbonyl (C=O) groups excluding carboxylic acids is 1. The van der Waals surface area contributed by atoms with Crippen molar-refractivity contribution in [3.63, 3.8) is 0 Å². The van der Waals surface area contributed by atoms with Crippen molar-refractivity contribution in [2.45, 2.75) is 31.6 Å². The lowest BCUT2D eigenvalue weighted by atomic mass is 10.2. The summed E-state index contributed by atoms with van der Waals surface area (Å²) in [6, 6.07) is 13.9. The third-order valence-corrected chi connectivity index (χ3v) is 5.81. The molecule has 1 aliphatic heterocycles. The van der Waals surface area contributed by atoms with Gasteiger partial charge in [-0.2, -0.15) is 5.10 Å². The van der Waals surface area contributed by atoms with Crippen molar-refractivity contribution >= 4 is 45.0 Å². The van der Waals surface area contributed by atoms with E-state index in [0.29, 0.717) is 11.7 Å². The first-order valence-electron chi connectivity index (χ1n) is 8.66. The predicted molar refractivity (Wildman–Crippen MR) is 112 cm³/mol. The number of thioether (sulfide) groups is 1. The van der Waals surface area contributed by atoms with E-state index in [1.54, 1.807) is 23.2 Å². The number of hydrogen-bond acceptors (Lipinski definition) is 4. The Morgan fingerprint density at radius 1 is 1.19 bits per heavy atom. The minimum atomic E-state index is -0.294. The molecule has 1 heterocycles. The molecule has 1 aliphatic rings. The molecule has 27 heavy (non-hydrogen) atoms. The standard InChI is InChI=1S/C20H19BrFN3OS/c1-2-3-18-19(26)25(13-15-6-10-17(22)11-7-15)20(27-18)24-23-12-14-4-8-16(21)9-5-14/h4-12,18H,2-3,13H2,1H3/b23-12-,24-20+/t18-/m0/s1. The van der Waals surface area contributed by atoms with Crippen molar-refractivity contribution in [3.05, 3.63) is 69.9 Å². The summed E-state index contributed by atoms with van der Waals surface area (Å²) in [4.78, 5) is 14.4. The molecular formula is C20H19BrFN3OS. The van der Waals surface area contributed by atoms with Crippen molar-refractivity contribution in [2.75, 3.05) is 0 Å². The maximum absolute atomic E-state index is 13.1. The topological polar surface area (TPSA) is 45.0 Å². The van der Waals surface area contributed by atoms with Crippen molar-refractivity contribution in [3.8, 4) is 0 Å². The molecule has 0 unspecified atom stereocenters. The molecule has 1 saturated heterocycles. The second-order valence-corrected chi connectivity index (χ2v) is 8.21. The van der Waals surface area contributed by atoms with Gasteiger partial charge in [0, 0.05) is 4.47 Å². The Morgan fingerprint density at radius 2 is 1.89 bits per heavy atom. The number of hydrogen-bond donors (Lipinski definition) is 0. The molecule has 0 aromatic heterocycles. The quantitative estimate of drug-likeness (QED) is 0.449. The molecule has 3 rings (SSSR count). The van der Waals surface area contributed by atoms with Gasteiger partial charge >= 0.3 is 0 Å². The van der Waals surface area contributed by atoms with Gasteiger partial charge in [0.1, 0.15) is 5.82 Å². The first-order valence-corrected chi connectivity index (χ1v) is 10.3. The molecule has 1 fully saturated rings. The van der Waals surface area contributed by atoms with Gasteiger partial charge in [-0.25, -0.2) is 4.39 Å². The van der Waals surface area contributed by atoms with Gasteiger partial charge in [-0.15, -0.1) is 5.10 Å². The molecule has 4 nitrogen and oxygen atoms in total. The molecule has 2 aromatic carbocycles. The third kappa shape index (κ3) is 5.26. The normalized spacial score (nSPS) is 18.8. The monoisotopic (exact) mass is 447 g/mol. The summed E-state index contributed by atoms with van der Waals surface area (Å²) < 4.78 is 14.1. The highest BCUT2D eigenvalue weighted by molar-refractivity contribution is 9.10. The molecular weight excluding hydrogens is 429 g/mol. The lowest BCUT2D eigenvalue weighted by Crippen LogP contribution is -2.31. The molecule has 2 aromatic rings. The van der Waals surface area contributed by atoms with Gasteiger partial charge in [-0.05, 0) is 41.8 Å². The third-order valence-electron chi connectivity index (χ3n) is 4.04. The van der Waals surface area contributed by atoms with Gasteiger partial charge in [0.05, 0.1) is 18.0 Å². The van der Waals surface area contributed by atoms with E-state index in [1.807, 2.05) is 24.3 Å². The zero-order valence-corrected chi connectivity index (χ0v) is 17.2. The molecule has 7 heteroatoms. The van der Waals surface area contributed by atoms with Crippen LogP contribution in [0.5, 0.6) is 0 Å². The number of carbonyl (C=O) groups is 1. The van der Waals surface area contributed by atoms with Crippen molar-refractivity contribution in [2.24, 2.45) is 10.2 Å². The van der Waals surface area contributed by atoms with Gasteiger partial charge in [0.15, 0.2) is 5.17 Å². The smallest absolute Gasteiger partial charge is 0.242 e. The number of amidine groups is 1. The van der Waals surface area contributed by atoms with Gasteiger partial charge in [0.2, 0.25) is 5.91 Å². The Kier molecular flexibility index (Phi) is 6.79. The number of amides is 1. The fourth-order valence-electron chi connectivity index (χ4n) is 2.64. The number of nitrogens with zero attached hydrogens (tertiary/aromatic N) is 3. The number of halogens is 2. The van der Waals surface area contributed by atoms with E-state index >= 15 is 0 Å². The second-order valence-electron chi connectivity index (χ2n) is 6.12.